The standard InChI is InChI=1S/C24H23ClN4O5S2/c1-14-10-26-23(27-14)16-4-2-15(3-5-16)11-29-19(24(31)32)12-28(13-21(29)30)36(33,34)22-8-17-6-7-18(25)9-20(17)35-22/h2-9,14,19H,10-13H2,1H3,(H,26,27)(H,31,32)/t14?,19-/m1/s1. The van der Waals surface area contributed by atoms with Crippen molar-refractivity contribution < 1.29 is 23.1 Å². The smallest absolute Gasteiger partial charge is 0.327 e. The van der Waals surface area contributed by atoms with Crippen molar-refractivity contribution in [1.82, 2.24) is 14.5 Å². The van der Waals surface area contributed by atoms with Crippen molar-refractivity contribution in [1.29, 1.82) is 0 Å². The number of halogens is 1. The van der Waals surface area contributed by atoms with Crippen molar-refractivity contribution in [2.75, 3.05) is 19.6 Å². The van der Waals surface area contributed by atoms with E-state index in [1.807, 2.05) is 31.2 Å². The van der Waals surface area contributed by atoms with E-state index in [4.69, 9.17) is 11.6 Å². The van der Waals surface area contributed by atoms with Gasteiger partial charge in [-0.15, -0.1) is 11.3 Å². The molecular weight excluding hydrogens is 524 g/mol. The van der Waals surface area contributed by atoms with Gasteiger partial charge in [0, 0.05) is 34.4 Å². The van der Waals surface area contributed by atoms with Crippen LogP contribution in [0.1, 0.15) is 18.1 Å². The Morgan fingerprint density at radius 3 is 2.64 bits per heavy atom. The van der Waals surface area contributed by atoms with Gasteiger partial charge < -0.3 is 15.3 Å². The number of carboxylic acid groups (broad SMARTS) is 1. The third-order valence-corrected chi connectivity index (χ3v) is 9.80. The minimum atomic E-state index is -4.07. The number of hydrogen-bond donors (Lipinski definition) is 2. The number of nitrogens with zero attached hydrogens (tertiary/aromatic N) is 3. The molecule has 0 radical (unpaired) electrons. The lowest BCUT2D eigenvalue weighted by Gasteiger charge is -2.38. The molecule has 12 heteroatoms. The Morgan fingerprint density at radius 2 is 1.97 bits per heavy atom. The number of carboxylic acids is 1. The SMILES string of the molecule is CC1CN=C(c2ccc(CN3C(=O)CN(S(=O)(=O)c4cc5ccc(Cl)cc5s4)C[C@@H]3C(=O)O)cc2)N1. The largest absolute Gasteiger partial charge is 0.480 e. The van der Waals surface area contributed by atoms with E-state index in [1.165, 1.54) is 11.0 Å². The zero-order valence-corrected chi connectivity index (χ0v) is 21.6. The van der Waals surface area contributed by atoms with Gasteiger partial charge in [-0.05, 0) is 36.1 Å². The van der Waals surface area contributed by atoms with Crippen LogP contribution in [0.2, 0.25) is 5.02 Å². The molecule has 0 bridgehead atoms. The predicted octanol–water partition coefficient (Wildman–Crippen LogP) is 2.78. The molecule has 2 aliphatic heterocycles. The first kappa shape index (κ1) is 24.7. The van der Waals surface area contributed by atoms with E-state index in [1.54, 1.807) is 18.2 Å². The van der Waals surface area contributed by atoms with Crippen molar-refractivity contribution in [2.45, 2.75) is 29.8 Å². The Bertz CT molecular complexity index is 1490. The van der Waals surface area contributed by atoms with Crippen LogP contribution >= 0.6 is 22.9 Å². The summed E-state index contributed by atoms with van der Waals surface area (Å²) < 4.78 is 28.3. The highest BCUT2D eigenvalue weighted by atomic mass is 35.5. The van der Waals surface area contributed by atoms with Gasteiger partial charge in [-0.1, -0.05) is 41.9 Å². The van der Waals surface area contributed by atoms with Gasteiger partial charge in [-0.3, -0.25) is 9.79 Å². The molecule has 2 aromatic carbocycles. The molecule has 36 heavy (non-hydrogen) atoms. The first-order valence-corrected chi connectivity index (χ1v) is 13.9. The Morgan fingerprint density at radius 1 is 1.22 bits per heavy atom. The number of thiophene rings is 1. The van der Waals surface area contributed by atoms with Crippen LogP contribution in [-0.4, -0.2) is 72.2 Å². The Balaban J connectivity index is 1.35. The average Bonchev–Trinajstić information content (AvgIpc) is 3.46. The number of benzene rings is 2. The summed E-state index contributed by atoms with van der Waals surface area (Å²) >= 11 is 7.05. The van der Waals surface area contributed by atoms with Crippen LogP contribution in [-0.2, 0) is 26.2 Å². The lowest BCUT2D eigenvalue weighted by molar-refractivity contribution is -0.154. The van der Waals surface area contributed by atoms with Crippen molar-refractivity contribution in [3.63, 3.8) is 0 Å². The minimum absolute atomic E-state index is 0.0403. The number of aliphatic carboxylic acids is 1. The van der Waals surface area contributed by atoms with E-state index in [9.17, 15) is 23.1 Å². The van der Waals surface area contributed by atoms with Crippen molar-refractivity contribution in [2.24, 2.45) is 4.99 Å². The summed E-state index contributed by atoms with van der Waals surface area (Å²) in [5, 5.41) is 14.3. The molecule has 3 aromatic rings. The van der Waals surface area contributed by atoms with Gasteiger partial charge >= 0.3 is 5.97 Å². The lowest BCUT2D eigenvalue weighted by Crippen LogP contribution is -2.59. The van der Waals surface area contributed by atoms with Crippen LogP contribution in [0.15, 0.2) is 57.7 Å². The molecule has 5 rings (SSSR count). The fourth-order valence-corrected chi connectivity index (χ4v) is 7.52. The van der Waals surface area contributed by atoms with Gasteiger partial charge in [0.05, 0.1) is 13.1 Å². The van der Waals surface area contributed by atoms with E-state index in [0.29, 0.717) is 21.7 Å². The van der Waals surface area contributed by atoms with Crippen LogP contribution in [0.5, 0.6) is 0 Å². The van der Waals surface area contributed by atoms with Crippen LogP contribution in [0.3, 0.4) is 0 Å². The number of rotatable bonds is 6. The number of nitrogens with one attached hydrogen (secondary N) is 1. The molecule has 9 nitrogen and oxygen atoms in total. The fraction of sp³-hybridized carbons (Fsp3) is 0.292. The van der Waals surface area contributed by atoms with E-state index in [-0.39, 0.29) is 23.3 Å². The third kappa shape index (κ3) is 4.71. The van der Waals surface area contributed by atoms with Crippen LogP contribution in [0.4, 0.5) is 0 Å². The maximum Gasteiger partial charge on any atom is 0.327 e. The first-order valence-electron chi connectivity index (χ1n) is 11.2. The molecule has 1 fully saturated rings. The Hall–Kier alpha value is -2.99. The number of fused-ring (bicyclic) bond motifs is 1. The predicted molar refractivity (Wildman–Crippen MR) is 138 cm³/mol. The van der Waals surface area contributed by atoms with Gasteiger partial charge in [-0.2, -0.15) is 4.31 Å². The molecule has 1 aromatic heterocycles. The molecule has 1 amide bonds. The second-order valence-corrected chi connectivity index (χ2v) is 12.5. The number of hydrogen-bond acceptors (Lipinski definition) is 7. The summed E-state index contributed by atoms with van der Waals surface area (Å²) in [5.74, 6) is -1.03. The lowest BCUT2D eigenvalue weighted by atomic mass is 10.1. The number of aliphatic imine (C=N–C) groups is 1. The zero-order chi connectivity index (χ0) is 25.6. The number of piperazine rings is 1. The molecule has 2 N–H and O–H groups in total. The van der Waals surface area contributed by atoms with Gasteiger partial charge in [0.1, 0.15) is 16.1 Å². The Labute approximate surface area is 217 Å². The van der Waals surface area contributed by atoms with E-state index >= 15 is 0 Å². The van der Waals surface area contributed by atoms with Gasteiger partial charge in [-0.25, -0.2) is 13.2 Å². The second kappa shape index (κ2) is 9.47. The molecule has 188 valence electrons. The van der Waals surface area contributed by atoms with Crippen LogP contribution < -0.4 is 5.32 Å². The van der Waals surface area contributed by atoms with E-state index in [0.717, 1.165) is 32.6 Å². The number of amidine groups is 1. The van der Waals surface area contributed by atoms with Crippen LogP contribution in [0, 0.1) is 0 Å². The highest BCUT2D eigenvalue weighted by molar-refractivity contribution is 7.91. The summed E-state index contributed by atoms with van der Waals surface area (Å²) in [6.07, 6.45) is 0. The third-order valence-electron chi connectivity index (χ3n) is 6.21. The normalized spacial score (nSPS) is 21.0. The number of carbonyl (C=O) groups is 2. The number of amides is 1. The van der Waals surface area contributed by atoms with Crippen molar-refractivity contribution >= 4 is 60.8 Å². The van der Waals surface area contributed by atoms with E-state index in [2.05, 4.69) is 10.3 Å². The molecule has 0 saturated carbocycles. The average molecular weight is 547 g/mol. The highest BCUT2D eigenvalue weighted by Gasteiger charge is 2.42. The summed E-state index contributed by atoms with van der Waals surface area (Å²) in [6.45, 7) is 2.03. The van der Waals surface area contributed by atoms with E-state index < -0.39 is 34.5 Å². The molecule has 2 aliphatic rings. The number of sulfonamides is 1. The highest BCUT2D eigenvalue weighted by Crippen LogP contribution is 2.33. The summed E-state index contributed by atoms with van der Waals surface area (Å²) in [6, 6.07) is 12.9. The van der Waals surface area contributed by atoms with Crippen molar-refractivity contribution in [3.05, 3.63) is 64.7 Å². The zero-order valence-electron chi connectivity index (χ0n) is 19.2. The second-order valence-electron chi connectivity index (χ2n) is 8.85. The van der Waals surface area contributed by atoms with Crippen molar-refractivity contribution in [3.8, 4) is 0 Å². The molecule has 2 atom stereocenters. The molecule has 1 saturated heterocycles. The molecule has 1 unspecified atom stereocenters. The summed E-state index contributed by atoms with van der Waals surface area (Å²) in [4.78, 5) is 30.8. The maximum absolute atomic E-state index is 13.3. The summed E-state index contributed by atoms with van der Waals surface area (Å²) in [5.41, 5.74) is 1.65. The maximum atomic E-state index is 13.3. The minimum Gasteiger partial charge on any atom is -0.480 e. The molecular formula is C24H23ClN4O5S2. The van der Waals surface area contributed by atoms with Crippen LogP contribution in [0.25, 0.3) is 10.1 Å². The quantitative estimate of drug-likeness (QED) is 0.490. The molecule has 0 spiro atoms. The number of carbonyl (C=O) groups excluding carboxylic acids is 1. The van der Waals surface area contributed by atoms with Gasteiger partial charge in [0.25, 0.3) is 10.0 Å². The fourth-order valence-electron chi connectivity index (χ4n) is 4.29. The molecule has 3 heterocycles. The summed E-state index contributed by atoms with van der Waals surface area (Å²) in [7, 11) is -4.07. The topological polar surface area (TPSA) is 119 Å². The molecule has 0 aliphatic carbocycles. The van der Waals surface area contributed by atoms with Gasteiger partial charge in [0.2, 0.25) is 5.91 Å². The first-order chi connectivity index (χ1) is 17.1. The Kier molecular flexibility index (Phi) is 6.50. The monoisotopic (exact) mass is 546 g/mol. The van der Waals surface area contributed by atoms with Gasteiger partial charge in [0.15, 0.2) is 0 Å².